The van der Waals surface area contributed by atoms with E-state index in [0.717, 1.165) is 23.8 Å². The van der Waals surface area contributed by atoms with Crippen LogP contribution in [0.4, 0.5) is 23.2 Å². The highest BCUT2D eigenvalue weighted by atomic mass is 32.2. The molecular weight excluding hydrogens is 514 g/mol. The number of carbonyl (C=O) groups excluding carboxylic acids is 1. The van der Waals surface area contributed by atoms with Gasteiger partial charge < -0.3 is 5.32 Å². The molecule has 0 spiro atoms. The number of hydrogen-bond donors (Lipinski definition) is 1. The lowest BCUT2D eigenvalue weighted by Gasteiger charge is -2.12. The Kier molecular flexibility index (Phi) is 7.53. The first kappa shape index (κ1) is 25.8. The van der Waals surface area contributed by atoms with Crippen LogP contribution in [0.3, 0.4) is 0 Å². The number of halogens is 4. The number of rotatable bonds is 8. The normalized spacial score (nSPS) is 11.4. The summed E-state index contributed by atoms with van der Waals surface area (Å²) < 4.78 is 53.8. The van der Waals surface area contributed by atoms with Crippen molar-refractivity contribution < 1.29 is 27.3 Å². The summed E-state index contributed by atoms with van der Waals surface area (Å²) in [5.41, 5.74) is 0.0251. The lowest BCUT2D eigenvalue weighted by atomic mass is 10.1. The van der Waals surface area contributed by atoms with Crippen LogP contribution in [0.1, 0.15) is 27.3 Å². The molecule has 190 valence electrons. The number of thioether (sulfide) groups is 1. The summed E-state index contributed by atoms with van der Waals surface area (Å²) in [6.07, 6.45) is -4.59. The molecular formula is C24H17F4N5O3S. The fourth-order valence-corrected chi connectivity index (χ4v) is 4.24. The zero-order valence-corrected chi connectivity index (χ0v) is 19.6. The summed E-state index contributed by atoms with van der Waals surface area (Å²) in [6, 6.07) is 15.5. The number of aromatic nitrogens is 3. The molecule has 0 aliphatic carbocycles. The van der Waals surface area contributed by atoms with E-state index < -0.39 is 22.6 Å². The van der Waals surface area contributed by atoms with Gasteiger partial charge in [-0.05, 0) is 48.0 Å². The number of nitro benzene ring substituents is 1. The third-order valence-corrected chi connectivity index (χ3v) is 6.16. The summed E-state index contributed by atoms with van der Waals surface area (Å²) in [7, 11) is 0. The van der Waals surface area contributed by atoms with E-state index >= 15 is 0 Å². The molecule has 37 heavy (non-hydrogen) atoms. The number of amides is 1. The van der Waals surface area contributed by atoms with Crippen LogP contribution >= 0.6 is 11.8 Å². The fraction of sp³-hybridized carbons (Fsp3) is 0.125. The SMILES string of the molecule is O=C(NCc1nnc(SCc2ccc(F)cc2)n1-c1ccc([N+](=O)[O-])cc1)c1cccc(C(F)(F)F)c1. The van der Waals surface area contributed by atoms with Gasteiger partial charge in [-0.2, -0.15) is 13.2 Å². The topological polar surface area (TPSA) is 103 Å². The van der Waals surface area contributed by atoms with Crippen LogP contribution in [0.5, 0.6) is 0 Å². The summed E-state index contributed by atoms with van der Waals surface area (Å²) in [5, 5.41) is 22.2. The molecule has 13 heteroatoms. The second-order valence-corrected chi connectivity index (χ2v) is 8.63. The number of benzene rings is 3. The van der Waals surface area contributed by atoms with E-state index in [4.69, 9.17) is 0 Å². The largest absolute Gasteiger partial charge is 0.416 e. The highest BCUT2D eigenvalue weighted by molar-refractivity contribution is 7.98. The monoisotopic (exact) mass is 531 g/mol. The van der Waals surface area contributed by atoms with Gasteiger partial charge in [0.05, 0.1) is 17.0 Å². The molecule has 1 amide bonds. The maximum absolute atomic E-state index is 13.2. The van der Waals surface area contributed by atoms with E-state index in [0.29, 0.717) is 16.6 Å². The number of nitrogens with zero attached hydrogens (tertiary/aromatic N) is 4. The third-order valence-electron chi connectivity index (χ3n) is 5.16. The molecule has 8 nitrogen and oxygen atoms in total. The minimum absolute atomic E-state index is 0.128. The highest BCUT2D eigenvalue weighted by Crippen LogP contribution is 2.30. The molecule has 3 aromatic carbocycles. The Morgan fingerprint density at radius 3 is 2.38 bits per heavy atom. The number of nitrogens with one attached hydrogen (secondary N) is 1. The maximum atomic E-state index is 13.2. The van der Waals surface area contributed by atoms with Crippen molar-refractivity contribution in [2.45, 2.75) is 23.6 Å². The van der Waals surface area contributed by atoms with Gasteiger partial charge in [0.2, 0.25) is 0 Å². The minimum atomic E-state index is -4.59. The first-order valence-corrected chi connectivity index (χ1v) is 11.6. The number of carbonyl (C=O) groups is 1. The third kappa shape index (κ3) is 6.30. The maximum Gasteiger partial charge on any atom is 0.416 e. The molecule has 0 saturated heterocycles. The summed E-state index contributed by atoms with van der Waals surface area (Å²) in [5.74, 6) is -0.468. The van der Waals surface area contributed by atoms with Crippen molar-refractivity contribution in [1.82, 2.24) is 20.1 Å². The Hall–Kier alpha value is -4.26. The van der Waals surface area contributed by atoms with Crippen LogP contribution < -0.4 is 5.32 Å². The molecule has 0 saturated carbocycles. The van der Waals surface area contributed by atoms with Crippen LogP contribution in [0.15, 0.2) is 78.0 Å². The van der Waals surface area contributed by atoms with Gasteiger partial charge in [0.15, 0.2) is 11.0 Å². The molecule has 0 bridgehead atoms. The Morgan fingerprint density at radius 2 is 1.73 bits per heavy atom. The molecule has 0 radical (unpaired) electrons. The average molecular weight is 531 g/mol. The first-order valence-electron chi connectivity index (χ1n) is 10.6. The smallest absolute Gasteiger partial charge is 0.345 e. The Bertz CT molecular complexity index is 1420. The van der Waals surface area contributed by atoms with Crippen LogP contribution in [0.25, 0.3) is 5.69 Å². The zero-order valence-electron chi connectivity index (χ0n) is 18.8. The van der Waals surface area contributed by atoms with Crippen LogP contribution in [0, 0.1) is 15.9 Å². The van der Waals surface area contributed by atoms with E-state index in [1.807, 2.05) is 0 Å². The van der Waals surface area contributed by atoms with E-state index in [1.165, 1.54) is 54.2 Å². The summed E-state index contributed by atoms with van der Waals surface area (Å²) in [6.45, 7) is -0.184. The quantitative estimate of drug-likeness (QED) is 0.138. The van der Waals surface area contributed by atoms with Gasteiger partial charge in [-0.1, -0.05) is 30.0 Å². The van der Waals surface area contributed by atoms with Crippen molar-refractivity contribution in [3.63, 3.8) is 0 Å². The molecule has 0 atom stereocenters. The van der Waals surface area contributed by atoms with E-state index in [-0.39, 0.29) is 29.4 Å². The van der Waals surface area contributed by atoms with E-state index in [1.54, 1.807) is 16.7 Å². The number of non-ortho nitro benzene ring substituents is 1. The van der Waals surface area contributed by atoms with Crippen molar-refractivity contribution in [2.24, 2.45) is 0 Å². The number of nitro groups is 1. The van der Waals surface area contributed by atoms with Gasteiger partial charge in [0.1, 0.15) is 5.82 Å². The molecule has 0 unspecified atom stereocenters. The van der Waals surface area contributed by atoms with Crippen LogP contribution in [-0.4, -0.2) is 25.6 Å². The summed E-state index contributed by atoms with van der Waals surface area (Å²) >= 11 is 1.26. The first-order chi connectivity index (χ1) is 17.6. The van der Waals surface area contributed by atoms with Gasteiger partial charge >= 0.3 is 6.18 Å². The van der Waals surface area contributed by atoms with Crippen molar-refractivity contribution in [3.8, 4) is 5.69 Å². The second kappa shape index (κ2) is 10.8. The Labute approximate surface area is 211 Å². The second-order valence-electron chi connectivity index (χ2n) is 7.68. The van der Waals surface area contributed by atoms with Gasteiger partial charge in [-0.25, -0.2) is 4.39 Å². The van der Waals surface area contributed by atoms with Crippen LogP contribution in [0.2, 0.25) is 0 Å². The minimum Gasteiger partial charge on any atom is -0.345 e. The van der Waals surface area contributed by atoms with E-state index in [2.05, 4.69) is 15.5 Å². The lowest BCUT2D eigenvalue weighted by Crippen LogP contribution is -2.25. The molecule has 1 N–H and O–H groups in total. The number of hydrogen-bond acceptors (Lipinski definition) is 6. The fourth-order valence-electron chi connectivity index (χ4n) is 3.32. The molecule has 4 rings (SSSR count). The molecule has 0 aliphatic heterocycles. The molecule has 0 aliphatic rings. The molecule has 1 aromatic heterocycles. The Balaban J connectivity index is 1.58. The van der Waals surface area contributed by atoms with Gasteiger partial charge in [0.25, 0.3) is 11.6 Å². The zero-order chi connectivity index (χ0) is 26.6. The highest BCUT2D eigenvalue weighted by Gasteiger charge is 2.31. The van der Waals surface area contributed by atoms with E-state index in [9.17, 15) is 32.5 Å². The van der Waals surface area contributed by atoms with Gasteiger partial charge in [-0.3, -0.25) is 19.5 Å². The molecule has 4 aromatic rings. The predicted octanol–water partition coefficient (Wildman–Crippen LogP) is 5.56. The Morgan fingerprint density at radius 1 is 1.03 bits per heavy atom. The van der Waals surface area contributed by atoms with Crippen molar-refractivity contribution in [1.29, 1.82) is 0 Å². The molecule has 0 fully saturated rings. The summed E-state index contributed by atoms with van der Waals surface area (Å²) in [4.78, 5) is 23.1. The van der Waals surface area contributed by atoms with Crippen molar-refractivity contribution in [3.05, 3.63) is 111 Å². The standard InChI is InChI=1S/C24H17F4N5O3S/c25-18-6-4-15(5-7-18)14-37-23-31-30-21(32(23)19-8-10-20(11-9-19)33(35)36)13-29-22(34)16-2-1-3-17(12-16)24(26,27)28/h1-12H,13-14H2,(H,29,34). The lowest BCUT2D eigenvalue weighted by molar-refractivity contribution is -0.384. The van der Waals surface area contributed by atoms with Gasteiger partial charge in [-0.15, -0.1) is 10.2 Å². The van der Waals surface area contributed by atoms with Crippen molar-refractivity contribution in [2.75, 3.05) is 0 Å². The predicted molar refractivity (Wildman–Crippen MR) is 127 cm³/mol. The van der Waals surface area contributed by atoms with Gasteiger partial charge in [0, 0.05) is 29.1 Å². The molecule has 1 heterocycles. The average Bonchev–Trinajstić information content (AvgIpc) is 3.29. The van der Waals surface area contributed by atoms with Crippen molar-refractivity contribution >= 4 is 23.4 Å². The van der Waals surface area contributed by atoms with Crippen LogP contribution in [-0.2, 0) is 18.5 Å². The number of alkyl halides is 3.